The van der Waals surface area contributed by atoms with Crippen LogP contribution in [0.15, 0.2) is 48.5 Å². The van der Waals surface area contributed by atoms with Gasteiger partial charge in [0.1, 0.15) is 11.4 Å². The van der Waals surface area contributed by atoms with Crippen LogP contribution < -0.4 is 10.2 Å². The monoisotopic (exact) mass is 350 g/mol. The molecule has 1 aromatic heterocycles. The number of pyridine rings is 1. The molecule has 0 bridgehead atoms. The van der Waals surface area contributed by atoms with Crippen LogP contribution in [0, 0.1) is 0 Å². The second kappa shape index (κ2) is 7.15. The van der Waals surface area contributed by atoms with Crippen LogP contribution in [0.3, 0.4) is 0 Å². The molecule has 1 saturated heterocycles. The number of piperazine rings is 1. The van der Waals surface area contributed by atoms with Gasteiger partial charge in [0.25, 0.3) is 11.8 Å². The number of rotatable bonds is 4. The summed E-state index contributed by atoms with van der Waals surface area (Å²) in [5, 5.41) is 2.91. The van der Waals surface area contributed by atoms with Gasteiger partial charge in [-0.2, -0.15) is 0 Å². The molecule has 26 heavy (non-hydrogen) atoms. The maximum Gasteiger partial charge on any atom is 0.272 e. The SMILES string of the molecule is O=C(NC1CC1)c1cccc(C(=O)N2CCN(c3ccccc3)CC2)n1. The molecule has 4 rings (SSSR count). The highest BCUT2D eigenvalue weighted by Crippen LogP contribution is 2.19. The normalized spacial score (nSPS) is 17.1. The quantitative estimate of drug-likeness (QED) is 0.915. The lowest BCUT2D eigenvalue weighted by Crippen LogP contribution is -2.49. The molecule has 1 aliphatic carbocycles. The third-order valence-electron chi connectivity index (χ3n) is 4.80. The molecule has 0 atom stereocenters. The van der Waals surface area contributed by atoms with Crippen molar-refractivity contribution in [1.82, 2.24) is 15.2 Å². The Balaban J connectivity index is 1.39. The average molecular weight is 350 g/mol. The lowest BCUT2D eigenvalue weighted by molar-refractivity contribution is 0.0740. The molecule has 2 amide bonds. The molecule has 0 radical (unpaired) electrons. The summed E-state index contributed by atoms with van der Waals surface area (Å²) >= 11 is 0. The van der Waals surface area contributed by atoms with Crippen LogP contribution in [0.2, 0.25) is 0 Å². The summed E-state index contributed by atoms with van der Waals surface area (Å²) in [4.78, 5) is 33.3. The standard InChI is InChI=1S/C20H22N4O2/c25-19(21-15-9-10-15)17-7-4-8-18(22-17)20(26)24-13-11-23(12-14-24)16-5-2-1-3-6-16/h1-8,15H,9-14H2,(H,21,25). The topological polar surface area (TPSA) is 65.5 Å². The number of nitrogens with zero attached hydrogens (tertiary/aromatic N) is 3. The molecule has 1 aromatic carbocycles. The number of anilines is 1. The molecule has 1 saturated carbocycles. The van der Waals surface area contributed by atoms with Crippen molar-refractivity contribution < 1.29 is 9.59 Å². The Morgan fingerprint density at radius 3 is 2.27 bits per heavy atom. The number of aromatic nitrogens is 1. The number of amides is 2. The minimum Gasteiger partial charge on any atom is -0.368 e. The van der Waals surface area contributed by atoms with Gasteiger partial charge in [0, 0.05) is 37.9 Å². The summed E-state index contributed by atoms with van der Waals surface area (Å²) in [6.07, 6.45) is 2.05. The number of para-hydroxylation sites is 1. The molecule has 2 heterocycles. The van der Waals surface area contributed by atoms with Crippen molar-refractivity contribution in [2.24, 2.45) is 0 Å². The van der Waals surface area contributed by atoms with E-state index in [4.69, 9.17) is 0 Å². The van der Waals surface area contributed by atoms with Crippen molar-refractivity contribution in [2.75, 3.05) is 31.1 Å². The predicted molar refractivity (Wildman–Crippen MR) is 99.3 cm³/mol. The van der Waals surface area contributed by atoms with E-state index in [1.807, 2.05) is 23.1 Å². The van der Waals surface area contributed by atoms with Crippen LogP contribution in [0.25, 0.3) is 0 Å². The molecular weight excluding hydrogens is 328 g/mol. The van der Waals surface area contributed by atoms with Gasteiger partial charge in [-0.05, 0) is 37.1 Å². The zero-order chi connectivity index (χ0) is 17.9. The van der Waals surface area contributed by atoms with Crippen molar-refractivity contribution in [3.8, 4) is 0 Å². The van der Waals surface area contributed by atoms with Crippen LogP contribution in [0.5, 0.6) is 0 Å². The van der Waals surface area contributed by atoms with Gasteiger partial charge >= 0.3 is 0 Å². The Kier molecular flexibility index (Phi) is 4.56. The fourth-order valence-corrected chi connectivity index (χ4v) is 3.14. The van der Waals surface area contributed by atoms with Gasteiger partial charge in [-0.15, -0.1) is 0 Å². The number of carbonyl (C=O) groups excluding carboxylic acids is 2. The molecule has 2 aliphatic rings. The summed E-state index contributed by atoms with van der Waals surface area (Å²) in [6.45, 7) is 2.87. The first-order chi connectivity index (χ1) is 12.7. The minimum absolute atomic E-state index is 0.112. The van der Waals surface area contributed by atoms with Crippen molar-refractivity contribution >= 4 is 17.5 Å². The highest BCUT2D eigenvalue weighted by atomic mass is 16.2. The molecule has 6 heteroatoms. The van der Waals surface area contributed by atoms with Gasteiger partial charge in [-0.25, -0.2) is 4.98 Å². The van der Waals surface area contributed by atoms with E-state index in [9.17, 15) is 9.59 Å². The van der Waals surface area contributed by atoms with Gasteiger partial charge in [-0.3, -0.25) is 9.59 Å². The van der Waals surface area contributed by atoms with Gasteiger partial charge < -0.3 is 15.1 Å². The van der Waals surface area contributed by atoms with Gasteiger partial charge in [0.05, 0.1) is 0 Å². The second-order valence-electron chi connectivity index (χ2n) is 6.77. The van der Waals surface area contributed by atoms with Gasteiger partial charge in [0.2, 0.25) is 0 Å². The van der Waals surface area contributed by atoms with Crippen molar-refractivity contribution in [3.63, 3.8) is 0 Å². The third-order valence-corrected chi connectivity index (χ3v) is 4.80. The van der Waals surface area contributed by atoms with E-state index in [0.29, 0.717) is 24.5 Å². The zero-order valence-electron chi connectivity index (χ0n) is 14.6. The maximum absolute atomic E-state index is 12.8. The Morgan fingerprint density at radius 2 is 1.58 bits per heavy atom. The lowest BCUT2D eigenvalue weighted by Gasteiger charge is -2.36. The largest absolute Gasteiger partial charge is 0.368 e. The number of carbonyl (C=O) groups is 2. The molecule has 0 unspecified atom stereocenters. The van der Waals surface area contributed by atoms with Crippen LogP contribution in [0.1, 0.15) is 33.8 Å². The number of hydrogen-bond donors (Lipinski definition) is 1. The van der Waals surface area contributed by atoms with E-state index >= 15 is 0 Å². The molecule has 2 aromatic rings. The predicted octanol–water partition coefficient (Wildman–Crippen LogP) is 1.94. The first-order valence-corrected chi connectivity index (χ1v) is 9.08. The van der Waals surface area contributed by atoms with E-state index in [1.54, 1.807) is 18.2 Å². The Hall–Kier alpha value is -2.89. The van der Waals surface area contributed by atoms with Crippen LogP contribution in [-0.4, -0.2) is 53.9 Å². The van der Waals surface area contributed by atoms with E-state index in [1.165, 1.54) is 5.69 Å². The minimum atomic E-state index is -0.198. The summed E-state index contributed by atoms with van der Waals surface area (Å²) in [5.41, 5.74) is 1.82. The zero-order valence-corrected chi connectivity index (χ0v) is 14.6. The van der Waals surface area contributed by atoms with Crippen LogP contribution in [0.4, 0.5) is 5.69 Å². The maximum atomic E-state index is 12.8. The fourth-order valence-electron chi connectivity index (χ4n) is 3.14. The molecule has 0 spiro atoms. The van der Waals surface area contributed by atoms with E-state index in [0.717, 1.165) is 25.9 Å². The first kappa shape index (κ1) is 16.6. The highest BCUT2D eigenvalue weighted by molar-refractivity contribution is 5.96. The summed E-state index contributed by atoms with van der Waals surface area (Å²) < 4.78 is 0. The van der Waals surface area contributed by atoms with E-state index in [-0.39, 0.29) is 17.9 Å². The summed E-state index contributed by atoms with van der Waals surface area (Å²) in [5.74, 6) is -0.310. The number of benzene rings is 1. The molecule has 1 N–H and O–H groups in total. The summed E-state index contributed by atoms with van der Waals surface area (Å²) in [6, 6.07) is 15.5. The fraction of sp³-hybridized carbons (Fsp3) is 0.350. The van der Waals surface area contributed by atoms with Crippen LogP contribution in [-0.2, 0) is 0 Å². The molecule has 1 aliphatic heterocycles. The molecule has 134 valence electrons. The number of hydrogen-bond acceptors (Lipinski definition) is 4. The first-order valence-electron chi connectivity index (χ1n) is 9.08. The highest BCUT2D eigenvalue weighted by Gasteiger charge is 2.26. The third kappa shape index (κ3) is 3.69. The van der Waals surface area contributed by atoms with Crippen LogP contribution >= 0.6 is 0 Å². The smallest absolute Gasteiger partial charge is 0.272 e. The van der Waals surface area contributed by atoms with Crippen molar-refractivity contribution in [1.29, 1.82) is 0 Å². The van der Waals surface area contributed by atoms with E-state index in [2.05, 4.69) is 27.3 Å². The Labute approximate surface area is 152 Å². The summed E-state index contributed by atoms with van der Waals surface area (Å²) in [7, 11) is 0. The molecular formula is C20H22N4O2. The Bertz CT molecular complexity index is 796. The van der Waals surface area contributed by atoms with E-state index < -0.39 is 0 Å². The average Bonchev–Trinajstić information content (AvgIpc) is 3.52. The number of nitrogens with one attached hydrogen (secondary N) is 1. The molecule has 6 nitrogen and oxygen atoms in total. The lowest BCUT2D eigenvalue weighted by atomic mass is 10.2. The van der Waals surface area contributed by atoms with Crippen molar-refractivity contribution in [2.45, 2.75) is 18.9 Å². The van der Waals surface area contributed by atoms with Gasteiger partial charge in [0.15, 0.2) is 0 Å². The van der Waals surface area contributed by atoms with Gasteiger partial charge in [-0.1, -0.05) is 24.3 Å². The van der Waals surface area contributed by atoms with Crippen molar-refractivity contribution in [3.05, 3.63) is 59.9 Å². The molecule has 2 fully saturated rings. The second-order valence-corrected chi connectivity index (χ2v) is 6.77. The Morgan fingerprint density at radius 1 is 0.885 bits per heavy atom.